The van der Waals surface area contributed by atoms with E-state index in [0.29, 0.717) is 11.3 Å². The summed E-state index contributed by atoms with van der Waals surface area (Å²) in [6.45, 7) is 4.03. The third-order valence-corrected chi connectivity index (χ3v) is 3.10. The highest BCUT2D eigenvalue weighted by Gasteiger charge is 2.17. The summed E-state index contributed by atoms with van der Waals surface area (Å²) in [6, 6.07) is 6.11. The van der Waals surface area contributed by atoms with Crippen LogP contribution >= 0.6 is 0 Å². The Balaban J connectivity index is 2.84. The molecule has 2 amide bonds. The number of nitrogens with one attached hydrogen (secondary N) is 2. The van der Waals surface area contributed by atoms with Crippen molar-refractivity contribution in [1.82, 2.24) is 5.32 Å². The van der Waals surface area contributed by atoms with Crippen LogP contribution in [0.1, 0.15) is 30.6 Å². The lowest BCUT2D eigenvalue weighted by Gasteiger charge is -2.16. The summed E-state index contributed by atoms with van der Waals surface area (Å²) < 4.78 is 4.84. The van der Waals surface area contributed by atoms with Gasteiger partial charge in [-0.1, -0.05) is 19.1 Å². The van der Waals surface area contributed by atoms with E-state index in [1.165, 1.54) is 7.11 Å². The highest BCUT2D eigenvalue weighted by atomic mass is 16.5. The molecular formula is C15H23N3O3. The van der Waals surface area contributed by atoms with Crippen molar-refractivity contribution in [3.8, 4) is 0 Å². The molecule has 0 radical (unpaired) electrons. The van der Waals surface area contributed by atoms with Gasteiger partial charge in [0.15, 0.2) is 0 Å². The van der Waals surface area contributed by atoms with Crippen molar-refractivity contribution in [2.75, 3.05) is 19.0 Å². The van der Waals surface area contributed by atoms with E-state index in [1.54, 1.807) is 24.3 Å². The summed E-state index contributed by atoms with van der Waals surface area (Å²) in [7, 11) is 1.47. The summed E-state index contributed by atoms with van der Waals surface area (Å²) in [4.78, 5) is 24.1. The minimum Gasteiger partial charge on any atom is -0.383 e. The van der Waals surface area contributed by atoms with Crippen LogP contribution in [-0.2, 0) is 9.53 Å². The number of anilines is 1. The molecule has 0 spiro atoms. The van der Waals surface area contributed by atoms with Gasteiger partial charge in [0.25, 0.3) is 5.91 Å². The quantitative estimate of drug-likeness (QED) is 0.702. The second kappa shape index (κ2) is 8.39. The summed E-state index contributed by atoms with van der Waals surface area (Å²) in [5.74, 6) is -0.610. The van der Waals surface area contributed by atoms with Crippen molar-refractivity contribution in [2.45, 2.75) is 32.4 Å². The number of para-hydroxylation sites is 1. The fraction of sp³-hybridized carbons (Fsp3) is 0.467. The van der Waals surface area contributed by atoms with Gasteiger partial charge in [-0.3, -0.25) is 9.59 Å². The second-order valence-corrected chi connectivity index (χ2v) is 4.88. The van der Waals surface area contributed by atoms with E-state index >= 15 is 0 Å². The molecular weight excluding hydrogens is 270 g/mol. The van der Waals surface area contributed by atoms with Crippen molar-refractivity contribution in [3.63, 3.8) is 0 Å². The molecule has 1 aromatic carbocycles. The van der Waals surface area contributed by atoms with Gasteiger partial charge in [-0.15, -0.1) is 0 Å². The Hall–Kier alpha value is -1.92. The highest BCUT2D eigenvalue weighted by molar-refractivity contribution is 6.04. The standard InChI is InChI=1S/C15H23N3O3/c1-4-10(2)17-14(19)11-7-5-6-8-13(11)18-15(20)12(16)9-21-3/h5-8,10,12H,4,9,16H2,1-3H3,(H,17,19)(H,18,20). The van der Waals surface area contributed by atoms with Gasteiger partial charge in [-0.05, 0) is 25.5 Å². The van der Waals surface area contributed by atoms with Crippen LogP contribution in [-0.4, -0.2) is 37.6 Å². The molecule has 0 saturated heterocycles. The number of carbonyl (C=O) groups excluding carboxylic acids is 2. The van der Waals surface area contributed by atoms with E-state index in [4.69, 9.17) is 10.5 Å². The van der Waals surface area contributed by atoms with Crippen molar-refractivity contribution in [2.24, 2.45) is 5.73 Å². The maximum absolute atomic E-state index is 12.2. The molecule has 2 atom stereocenters. The molecule has 6 nitrogen and oxygen atoms in total. The van der Waals surface area contributed by atoms with Gasteiger partial charge in [0.2, 0.25) is 5.91 Å². The molecule has 0 bridgehead atoms. The number of hydrogen-bond acceptors (Lipinski definition) is 4. The topological polar surface area (TPSA) is 93.5 Å². The SMILES string of the molecule is CCC(C)NC(=O)c1ccccc1NC(=O)C(N)COC. The lowest BCUT2D eigenvalue weighted by molar-refractivity contribution is -0.118. The molecule has 21 heavy (non-hydrogen) atoms. The Morgan fingerprint density at radius 3 is 2.62 bits per heavy atom. The minimum absolute atomic E-state index is 0.0667. The third kappa shape index (κ3) is 5.17. The molecule has 0 aliphatic rings. The van der Waals surface area contributed by atoms with E-state index < -0.39 is 6.04 Å². The lowest BCUT2D eigenvalue weighted by Crippen LogP contribution is -2.40. The van der Waals surface area contributed by atoms with Crippen molar-refractivity contribution < 1.29 is 14.3 Å². The van der Waals surface area contributed by atoms with Gasteiger partial charge in [-0.25, -0.2) is 0 Å². The maximum Gasteiger partial charge on any atom is 0.253 e. The van der Waals surface area contributed by atoms with E-state index in [-0.39, 0.29) is 24.5 Å². The molecule has 1 rings (SSSR count). The highest BCUT2D eigenvalue weighted by Crippen LogP contribution is 2.15. The maximum atomic E-state index is 12.2. The predicted octanol–water partition coefficient (Wildman–Crippen LogP) is 1.13. The van der Waals surface area contributed by atoms with Crippen molar-refractivity contribution in [1.29, 1.82) is 0 Å². The zero-order valence-electron chi connectivity index (χ0n) is 12.7. The van der Waals surface area contributed by atoms with Gasteiger partial charge in [-0.2, -0.15) is 0 Å². The Bertz CT molecular complexity index is 491. The number of ether oxygens (including phenoxy) is 1. The molecule has 0 aromatic heterocycles. The van der Waals surface area contributed by atoms with Crippen LogP contribution in [0.25, 0.3) is 0 Å². The number of benzene rings is 1. The molecule has 6 heteroatoms. The molecule has 0 aliphatic carbocycles. The predicted molar refractivity (Wildman–Crippen MR) is 82.1 cm³/mol. The summed E-state index contributed by atoms with van der Waals surface area (Å²) in [6.07, 6.45) is 0.832. The van der Waals surface area contributed by atoms with Gasteiger partial charge in [0.05, 0.1) is 17.9 Å². The van der Waals surface area contributed by atoms with Crippen LogP contribution in [0.5, 0.6) is 0 Å². The smallest absolute Gasteiger partial charge is 0.253 e. The number of nitrogens with two attached hydrogens (primary N) is 1. The summed E-state index contributed by atoms with van der Waals surface area (Å²) in [5.41, 5.74) is 6.52. The molecule has 0 aliphatic heterocycles. The first-order valence-electron chi connectivity index (χ1n) is 6.94. The Kier molecular flexibility index (Phi) is 6.84. The van der Waals surface area contributed by atoms with E-state index in [0.717, 1.165) is 6.42 Å². The Labute approximate surface area is 125 Å². The monoisotopic (exact) mass is 293 g/mol. The Morgan fingerprint density at radius 2 is 2.00 bits per heavy atom. The first-order valence-corrected chi connectivity index (χ1v) is 6.94. The van der Waals surface area contributed by atoms with Crippen LogP contribution in [0.4, 0.5) is 5.69 Å². The average molecular weight is 293 g/mol. The van der Waals surface area contributed by atoms with Crippen molar-refractivity contribution >= 4 is 17.5 Å². The summed E-state index contributed by atoms with van der Waals surface area (Å²) >= 11 is 0. The molecule has 0 fully saturated rings. The number of hydrogen-bond donors (Lipinski definition) is 3. The number of methoxy groups -OCH3 is 1. The average Bonchev–Trinajstić information content (AvgIpc) is 2.47. The zero-order valence-corrected chi connectivity index (χ0v) is 12.7. The fourth-order valence-electron chi connectivity index (χ4n) is 1.67. The molecule has 116 valence electrons. The molecule has 2 unspecified atom stereocenters. The van der Waals surface area contributed by atoms with Crippen LogP contribution in [0, 0.1) is 0 Å². The van der Waals surface area contributed by atoms with Crippen LogP contribution < -0.4 is 16.4 Å². The van der Waals surface area contributed by atoms with Gasteiger partial charge in [0, 0.05) is 13.2 Å². The minimum atomic E-state index is -0.777. The van der Waals surface area contributed by atoms with Crippen LogP contribution in [0.15, 0.2) is 24.3 Å². The van der Waals surface area contributed by atoms with Gasteiger partial charge < -0.3 is 21.1 Å². The number of rotatable bonds is 7. The zero-order chi connectivity index (χ0) is 15.8. The first kappa shape index (κ1) is 17.1. The largest absolute Gasteiger partial charge is 0.383 e. The Morgan fingerprint density at radius 1 is 1.33 bits per heavy atom. The number of amides is 2. The van der Waals surface area contributed by atoms with Crippen LogP contribution in [0.2, 0.25) is 0 Å². The van der Waals surface area contributed by atoms with Crippen molar-refractivity contribution in [3.05, 3.63) is 29.8 Å². The fourth-order valence-corrected chi connectivity index (χ4v) is 1.67. The number of carbonyl (C=O) groups is 2. The van der Waals surface area contributed by atoms with Gasteiger partial charge in [0.1, 0.15) is 6.04 Å². The molecule has 1 aromatic rings. The molecule has 0 heterocycles. The second-order valence-electron chi connectivity index (χ2n) is 4.88. The normalized spacial score (nSPS) is 13.3. The van der Waals surface area contributed by atoms with E-state index in [9.17, 15) is 9.59 Å². The van der Waals surface area contributed by atoms with E-state index in [1.807, 2.05) is 13.8 Å². The van der Waals surface area contributed by atoms with E-state index in [2.05, 4.69) is 10.6 Å². The first-order chi connectivity index (χ1) is 9.99. The van der Waals surface area contributed by atoms with Crippen LogP contribution in [0.3, 0.4) is 0 Å². The molecule has 4 N–H and O–H groups in total. The lowest BCUT2D eigenvalue weighted by atomic mass is 10.1. The third-order valence-electron chi connectivity index (χ3n) is 3.10. The van der Waals surface area contributed by atoms with Gasteiger partial charge >= 0.3 is 0 Å². The molecule has 0 saturated carbocycles. The summed E-state index contributed by atoms with van der Waals surface area (Å²) in [5, 5.41) is 5.53.